The van der Waals surface area contributed by atoms with Gasteiger partial charge in [-0.15, -0.1) is 22.7 Å². The molecule has 0 aliphatic carbocycles. The monoisotopic (exact) mass is 329 g/mol. The molecule has 0 fully saturated rings. The minimum atomic E-state index is 0.180. The maximum Gasteiger partial charge on any atom is 0.186 e. The molecule has 2 rings (SSSR count). The number of hydrogen-bond acceptors (Lipinski definition) is 4. The third kappa shape index (κ3) is 3.74. The molecule has 0 atom stereocenters. The lowest BCUT2D eigenvalue weighted by Gasteiger charge is -2.13. The lowest BCUT2D eigenvalue weighted by atomic mass is 10.3. The third-order valence-electron chi connectivity index (χ3n) is 2.27. The molecule has 2 nitrogen and oxygen atoms in total. The number of thiophene rings is 2. The van der Waals surface area contributed by atoms with Crippen molar-refractivity contribution < 1.29 is 4.79 Å². The molecule has 0 bridgehead atoms. The zero-order valence-corrected chi connectivity index (χ0v) is 12.6. The van der Waals surface area contributed by atoms with Crippen LogP contribution in [0.25, 0.3) is 0 Å². The number of hydrogen-bond donors (Lipinski definition) is 0. The standard InChI is InChI=1S/C12H12BrNOS2/c1-14(7-9-3-2-6-16-9)8-10(15)11-4-5-12(13)17-11/h2-6H,7-8H2,1H3. The van der Waals surface area contributed by atoms with Crippen molar-refractivity contribution in [3.05, 3.63) is 43.2 Å². The molecule has 0 N–H and O–H groups in total. The number of rotatable bonds is 5. The number of carbonyl (C=O) groups is 1. The van der Waals surface area contributed by atoms with E-state index in [2.05, 4.69) is 27.4 Å². The first kappa shape index (κ1) is 13.0. The number of nitrogens with zero attached hydrogens (tertiary/aromatic N) is 1. The molecule has 0 aliphatic rings. The fourth-order valence-corrected chi connectivity index (χ4v) is 3.61. The van der Waals surface area contributed by atoms with Crippen molar-refractivity contribution in [1.29, 1.82) is 0 Å². The van der Waals surface area contributed by atoms with Gasteiger partial charge in [-0.05, 0) is 46.6 Å². The Kier molecular flexibility index (Phi) is 4.50. The van der Waals surface area contributed by atoms with Crippen LogP contribution in [0.5, 0.6) is 0 Å². The second-order valence-electron chi connectivity index (χ2n) is 3.78. The largest absolute Gasteiger partial charge is 0.294 e. The number of Topliss-reactive ketones (excluding diaryl/α,β-unsaturated/α-hetero) is 1. The summed E-state index contributed by atoms with van der Waals surface area (Å²) in [6, 6.07) is 7.91. The topological polar surface area (TPSA) is 20.3 Å². The normalized spacial score (nSPS) is 11.0. The molecule has 17 heavy (non-hydrogen) atoms. The van der Waals surface area contributed by atoms with E-state index in [4.69, 9.17) is 0 Å². The van der Waals surface area contributed by atoms with Gasteiger partial charge in [0.1, 0.15) is 0 Å². The Morgan fingerprint density at radius 1 is 1.41 bits per heavy atom. The molecule has 2 heterocycles. The Hall–Kier alpha value is -0.490. The van der Waals surface area contributed by atoms with E-state index in [0.717, 1.165) is 15.2 Å². The maximum absolute atomic E-state index is 11.9. The summed E-state index contributed by atoms with van der Waals surface area (Å²) in [5, 5.41) is 2.06. The first-order chi connectivity index (χ1) is 8.15. The van der Waals surface area contributed by atoms with Gasteiger partial charge in [0.2, 0.25) is 0 Å². The van der Waals surface area contributed by atoms with E-state index in [1.165, 1.54) is 16.2 Å². The fourth-order valence-electron chi connectivity index (χ4n) is 1.51. The van der Waals surface area contributed by atoms with E-state index < -0.39 is 0 Å². The molecule has 0 saturated heterocycles. The van der Waals surface area contributed by atoms with Crippen molar-refractivity contribution in [2.24, 2.45) is 0 Å². The molecule has 0 unspecified atom stereocenters. The lowest BCUT2D eigenvalue weighted by molar-refractivity contribution is 0.0947. The zero-order valence-electron chi connectivity index (χ0n) is 9.35. The molecule has 5 heteroatoms. The van der Waals surface area contributed by atoms with Crippen molar-refractivity contribution in [3.8, 4) is 0 Å². The van der Waals surface area contributed by atoms with Gasteiger partial charge < -0.3 is 0 Å². The summed E-state index contributed by atoms with van der Waals surface area (Å²) in [5.41, 5.74) is 0. The maximum atomic E-state index is 11.9. The van der Waals surface area contributed by atoms with Gasteiger partial charge in [-0.25, -0.2) is 0 Å². The Labute approximate surface area is 117 Å². The number of carbonyl (C=O) groups excluding carboxylic acids is 1. The highest BCUT2D eigenvalue weighted by Crippen LogP contribution is 2.22. The Morgan fingerprint density at radius 2 is 2.24 bits per heavy atom. The summed E-state index contributed by atoms with van der Waals surface area (Å²) in [4.78, 5) is 16.1. The summed E-state index contributed by atoms with van der Waals surface area (Å²) in [5.74, 6) is 0.180. The molecule has 0 saturated carbocycles. The zero-order chi connectivity index (χ0) is 12.3. The quantitative estimate of drug-likeness (QED) is 0.775. The van der Waals surface area contributed by atoms with E-state index >= 15 is 0 Å². The Bertz CT molecular complexity index is 492. The van der Waals surface area contributed by atoms with Crippen molar-refractivity contribution in [2.45, 2.75) is 6.54 Å². The van der Waals surface area contributed by atoms with E-state index in [0.29, 0.717) is 6.54 Å². The molecule has 0 amide bonds. The minimum Gasteiger partial charge on any atom is -0.294 e. The van der Waals surface area contributed by atoms with Crippen molar-refractivity contribution >= 4 is 44.4 Å². The number of halogens is 1. The molecule has 0 spiro atoms. The third-order valence-corrected chi connectivity index (χ3v) is 4.79. The highest BCUT2D eigenvalue weighted by atomic mass is 79.9. The summed E-state index contributed by atoms with van der Waals surface area (Å²) >= 11 is 6.58. The van der Waals surface area contributed by atoms with Crippen molar-refractivity contribution in [3.63, 3.8) is 0 Å². The highest BCUT2D eigenvalue weighted by molar-refractivity contribution is 9.11. The summed E-state index contributed by atoms with van der Waals surface area (Å²) in [6.07, 6.45) is 0. The van der Waals surface area contributed by atoms with Crippen LogP contribution < -0.4 is 0 Å². The van der Waals surface area contributed by atoms with Gasteiger partial charge in [-0.1, -0.05) is 6.07 Å². The van der Waals surface area contributed by atoms with E-state index in [1.807, 2.05) is 30.1 Å². The molecule has 0 radical (unpaired) electrons. The van der Waals surface area contributed by atoms with Crippen LogP contribution in [0.1, 0.15) is 14.5 Å². The summed E-state index contributed by atoms with van der Waals surface area (Å²) in [6.45, 7) is 1.29. The van der Waals surface area contributed by atoms with E-state index in [9.17, 15) is 4.79 Å². The number of likely N-dealkylation sites (N-methyl/N-ethyl adjacent to an activating group) is 1. The van der Waals surface area contributed by atoms with Gasteiger partial charge in [-0.3, -0.25) is 9.69 Å². The van der Waals surface area contributed by atoms with Crippen LogP contribution >= 0.6 is 38.6 Å². The second kappa shape index (κ2) is 5.91. The van der Waals surface area contributed by atoms with Crippen LogP contribution in [0, 0.1) is 0 Å². The molecular weight excluding hydrogens is 318 g/mol. The summed E-state index contributed by atoms with van der Waals surface area (Å²) in [7, 11) is 1.97. The summed E-state index contributed by atoms with van der Waals surface area (Å²) < 4.78 is 1.00. The highest BCUT2D eigenvalue weighted by Gasteiger charge is 2.11. The van der Waals surface area contributed by atoms with Gasteiger partial charge in [0, 0.05) is 11.4 Å². The van der Waals surface area contributed by atoms with Crippen LogP contribution in [0.3, 0.4) is 0 Å². The van der Waals surface area contributed by atoms with Crippen LogP contribution in [-0.2, 0) is 6.54 Å². The van der Waals surface area contributed by atoms with Crippen LogP contribution in [0.15, 0.2) is 33.4 Å². The smallest absolute Gasteiger partial charge is 0.186 e. The van der Waals surface area contributed by atoms with Gasteiger partial charge in [0.25, 0.3) is 0 Å². The average molecular weight is 330 g/mol. The van der Waals surface area contributed by atoms with Crippen molar-refractivity contribution in [2.75, 3.05) is 13.6 Å². The van der Waals surface area contributed by atoms with E-state index in [-0.39, 0.29) is 5.78 Å². The first-order valence-corrected chi connectivity index (χ1v) is 7.63. The van der Waals surface area contributed by atoms with Gasteiger partial charge >= 0.3 is 0 Å². The number of ketones is 1. The lowest BCUT2D eigenvalue weighted by Crippen LogP contribution is -2.24. The van der Waals surface area contributed by atoms with Gasteiger partial charge in [0.15, 0.2) is 5.78 Å². The average Bonchev–Trinajstić information content (AvgIpc) is 2.89. The van der Waals surface area contributed by atoms with Crippen LogP contribution in [0.4, 0.5) is 0 Å². The molecule has 0 aromatic carbocycles. The second-order valence-corrected chi connectivity index (χ2v) is 7.27. The molecule has 0 aliphatic heterocycles. The SMILES string of the molecule is CN(CC(=O)c1ccc(Br)s1)Cc1cccs1. The minimum absolute atomic E-state index is 0.180. The van der Waals surface area contributed by atoms with Gasteiger partial charge in [-0.2, -0.15) is 0 Å². The molecular formula is C12H12BrNOS2. The predicted octanol–water partition coefficient (Wildman–Crippen LogP) is 3.89. The van der Waals surface area contributed by atoms with Crippen LogP contribution in [0.2, 0.25) is 0 Å². The van der Waals surface area contributed by atoms with E-state index in [1.54, 1.807) is 11.3 Å². The molecule has 90 valence electrons. The predicted molar refractivity (Wildman–Crippen MR) is 77.0 cm³/mol. The van der Waals surface area contributed by atoms with Crippen LogP contribution in [-0.4, -0.2) is 24.3 Å². The molecule has 2 aromatic rings. The Morgan fingerprint density at radius 3 is 2.82 bits per heavy atom. The molecule has 2 aromatic heterocycles. The Balaban J connectivity index is 1.90. The first-order valence-electron chi connectivity index (χ1n) is 5.14. The van der Waals surface area contributed by atoms with Gasteiger partial charge in [0.05, 0.1) is 15.2 Å². The fraction of sp³-hybridized carbons (Fsp3) is 0.250. The van der Waals surface area contributed by atoms with Crippen molar-refractivity contribution in [1.82, 2.24) is 4.90 Å².